The summed E-state index contributed by atoms with van der Waals surface area (Å²) in [5.74, 6) is -0.946. The van der Waals surface area contributed by atoms with Crippen LogP contribution < -0.4 is 5.32 Å². The summed E-state index contributed by atoms with van der Waals surface area (Å²) in [6, 6.07) is 1.78. The minimum Gasteiger partial charge on any atom is -0.478 e. The van der Waals surface area contributed by atoms with Crippen molar-refractivity contribution < 1.29 is 9.90 Å². The zero-order valence-corrected chi connectivity index (χ0v) is 8.42. The molecule has 1 aliphatic rings. The molecule has 6 heteroatoms. The van der Waals surface area contributed by atoms with Crippen LogP contribution in [-0.4, -0.2) is 38.9 Å². The third-order valence-electron chi connectivity index (χ3n) is 2.83. The maximum Gasteiger partial charge on any atom is 0.336 e. The predicted octanol–water partition coefficient (Wildman–Crippen LogP) is 0.274. The average molecular weight is 218 g/mol. The molecule has 0 atom stereocenters. The second-order valence-corrected chi connectivity index (χ2v) is 3.80. The van der Waals surface area contributed by atoms with Gasteiger partial charge in [0.15, 0.2) is 5.65 Å². The zero-order valence-electron chi connectivity index (χ0n) is 8.42. The molecule has 0 aromatic carbocycles. The Labute approximate surface area is 90.9 Å². The van der Waals surface area contributed by atoms with E-state index in [0.717, 1.165) is 13.1 Å². The zero-order chi connectivity index (χ0) is 11.1. The number of aromatic carboxylic acids is 1. The summed E-state index contributed by atoms with van der Waals surface area (Å²) in [6.45, 7) is 1.71. The summed E-state index contributed by atoms with van der Waals surface area (Å²) in [5.41, 5.74) is 0.898. The Morgan fingerprint density at radius 1 is 1.56 bits per heavy atom. The molecular formula is C10H10N4O2. The van der Waals surface area contributed by atoms with Crippen LogP contribution in [0, 0.1) is 0 Å². The van der Waals surface area contributed by atoms with Crippen molar-refractivity contribution in [1.29, 1.82) is 0 Å². The summed E-state index contributed by atoms with van der Waals surface area (Å²) in [7, 11) is 0. The highest BCUT2D eigenvalue weighted by molar-refractivity contribution is 6.01. The molecule has 0 bridgehead atoms. The van der Waals surface area contributed by atoms with E-state index in [0.29, 0.717) is 11.0 Å². The number of aromatic nitrogens is 3. The normalized spacial score (nSPS) is 16.2. The van der Waals surface area contributed by atoms with Gasteiger partial charge < -0.3 is 10.4 Å². The number of nitrogens with zero attached hydrogens (tertiary/aromatic N) is 3. The van der Waals surface area contributed by atoms with E-state index in [1.807, 2.05) is 0 Å². The molecule has 82 valence electrons. The van der Waals surface area contributed by atoms with Gasteiger partial charge in [-0.05, 0) is 6.07 Å². The summed E-state index contributed by atoms with van der Waals surface area (Å²) in [5, 5.41) is 17.0. The van der Waals surface area contributed by atoms with Gasteiger partial charge in [-0.2, -0.15) is 5.10 Å². The number of rotatable bonds is 2. The van der Waals surface area contributed by atoms with E-state index in [-0.39, 0.29) is 11.6 Å². The number of fused-ring (bicyclic) bond motifs is 1. The Morgan fingerprint density at radius 3 is 3.00 bits per heavy atom. The first kappa shape index (κ1) is 9.29. The van der Waals surface area contributed by atoms with Crippen molar-refractivity contribution in [2.24, 2.45) is 0 Å². The molecule has 0 unspecified atom stereocenters. The second-order valence-electron chi connectivity index (χ2n) is 3.80. The van der Waals surface area contributed by atoms with Crippen LogP contribution in [0.1, 0.15) is 16.4 Å². The van der Waals surface area contributed by atoms with Gasteiger partial charge in [0.2, 0.25) is 0 Å². The molecule has 1 aliphatic heterocycles. The largest absolute Gasteiger partial charge is 0.478 e. The van der Waals surface area contributed by atoms with E-state index >= 15 is 0 Å². The van der Waals surface area contributed by atoms with Crippen molar-refractivity contribution in [2.45, 2.75) is 6.04 Å². The van der Waals surface area contributed by atoms with Crippen LogP contribution in [0.2, 0.25) is 0 Å². The summed E-state index contributed by atoms with van der Waals surface area (Å²) in [4.78, 5) is 15.2. The van der Waals surface area contributed by atoms with E-state index in [4.69, 9.17) is 5.11 Å². The lowest BCUT2D eigenvalue weighted by Gasteiger charge is -2.27. The molecule has 2 aromatic rings. The molecule has 1 fully saturated rings. The second kappa shape index (κ2) is 3.28. The molecule has 0 spiro atoms. The van der Waals surface area contributed by atoms with Gasteiger partial charge in [0, 0.05) is 19.3 Å². The SMILES string of the molecule is O=C(O)c1ccnc2c1cnn2C1CNC1. The number of hydrogen-bond donors (Lipinski definition) is 2. The van der Waals surface area contributed by atoms with Crippen molar-refractivity contribution in [3.8, 4) is 0 Å². The Morgan fingerprint density at radius 2 is 2.38 bits per heavy atom. The third-order valence-corrected chi connectivity index (χ3v) is 2.83. The minimum absolute atomic E-state index is 0.253. The Bertz CT molecular complexity index is 559. The van der Waals surface area contributed by atoms with Gasteiger partial charge in [0.05, 0.1) is 23.2 Å². The number of nitrogens with one attached hydrogen (secondary N) is 1. The maximum absolute atomic E-state index is 11.0. The van der Waals surface area contributed by atoms with Gasteiger partial charge in [-0.15, -0.1) is 0 Å². The standard InChI is InChI=1S/C10H10N4O2/c15-10(16)7-1-2-12-9-8(7)5-13-14(9)6-3-11-4-6/h1-2,5-6,11H,3-4H2,(H,15,16). The van der Waals surface area contributed by atoms with E-state index in [1.54, 1.807) is 10.9 Å². The van der Waals surface area contributed by atoms with Gasteiger partial charge >= 0.3 is 5.97 Å². The quantitative estimate of drug-likeness (QED) is 0.756. The minimum atomic E-state index is -0.946. The third kappa shape index (κ3) is 1.20. The van der Waals surface area contributed by atoms with Crippen LogP contribution in [0.3, 0.4) is 0 Å². The predicted molar refractivity (Wildman–Crippen MR) is 56.4 cm³/mol. The first-order chi connectivity index (χ1) is 7.77. The summed E-state index contributed by atoms with van der Waals surface area (Å²) < 4.78 is 1.79. The first-order valence-electron chi connectivity index (χ1n) is 5.03. The van der Waals surface area contributed by atoms with Crippen LogP contribution in [0.15, 0.2) is 18.5 Å². The van der Waals surface area contributed by atoms with Crippen molar-refractivity contribution in [1.82, 2.24) is 20.1 Å². The van der Waals surface area contributed by atoms with Gasteiger partial charge in [-0.1, -0.05) is 0 Å². The topological polar surface area (TPSA) is 80.0 Å². The Kier molecular flexibility index (Phi) is 1.90. The highest BCUT2D eigenvalue weighted by Gasteiger charge is 2.23. The summed E-state index contributed by atoms with van der Waals surface area (Å²) >= 11 is 0. The van der Waals surface area contributed by atoms with Gasteiger partial charge in [-0.25, -0.2) is 14.5 Å². The Hall–Kier alpha value is -1.95. The fourth-order valence-electron chi connectivity index (χ4n) is 1.85. The van der Waals surface area contributed by atoms with Crippen molar-refractivity contribution in [2.75, 3.05) is 13.1 Å². The smallest absolute Gasteiger partial charge is 0.336 e. The molecule has 1 saturated heterocycles. The first-order valence-corrected chi connectivity index (χ1v) is 5.03. The Balaban J connectivity index is 2.19. The highest BCUT2D eigenvalue weighted by Crippen LogP contribution is 2.21. The van der Waals surface area contributed by atoms with Gasteiger partial charge in [0.25, 0.3) is 0 Å². The number of carbonyl (C=O) groups is 1. The lowest BCUT2D eigenvalue weighted by molar-refractivity contribution is 0.0699. The monoisotopic (exact) mass is 218 g/mol. The average Bonchev–Trinajstić information content (AvgIpc) is 2.59. The highest BCUT2D eigenvalue weighted by atomic mass is 16.4. The van der Waals surface area contributed by atoms with E-state index in [2.05, 4.69) is 15.4 Å². The lowest BCUT2D eigenvalue weighted by atomic mass is 10.1. The number of pyridine rings is 1. The fourth-order valence-corrected chi connectivity index (χ4v) is 1.85. The van der Waals surface area contributed by atoms with E-state index in [1.165, 1.54) is 12.3 Å². The molecule has 0 saturated carbocycles. The number of carboxylic acid groups (broad SMARTS) is 1. The molecule has 2 N–H and O–H groups in total. The molecule has 0 radical (unpaired) electrons. The molecule has 3 heterocycles. The van der Waals surface area contributed by atoms with Gasteiger partial charge in [0.1, 0.15) is 0 Å². The van der Waals surface area contributed by atoms with Crippen LogP contribution >= 0.6 is 0 Å². The van der Waals surface area contributed by atoms with E-state index < -0.39 is 5.97 Å². The van der Waals surface area contributed by atoms with Crippen LogP contribution in [0.5, 0.6) is 0 Å². The van der Waals surface area contributed by atoms with Crippen molar-refractivity contribution in [3.05, 3.63) is 24.0 Å². The molecular weight excluding hydrogens is 208 g/mol. The molecule has 6 nitrogen and oxygen atoms in total. The van der Waals surface area contributed by atoms with Crippen molar-refractivity contribution in [3.63, 3.8) is 0 Å². The molecule has 0 aliphatic carbocycles. The van der Waals surface area contributed by atoms with Gasteiger partial charge in [-0.3, -0.25) is 0 Å². The summed E-state index contributed by atoms with van der Waals surface area (Å²) in [6.07, 6.45) is 3.08. The lowest BCUT2D eigenvalue weighted by Crippen LogP contribution is -2.43. The van der Waals surface area contributed by atoms with Crippen LogP contribution in [0.4, 0.5) is 0 Å². The van der Waals surface area contributed by atoms with Crippen LogP contribution in [-0.2, 0) is 0 Å². The number of hydrogen-bond acceptors (Lipinski definition) is 4. The van der Waals surface area contributed by atoms with Crippen LogP contribution in [0.25, 0.3) is 11.0 Å². The molecule has 16 heavy (non-hydrogen) atoms. The number of carboxylic acids is 1. The molecule has 2 aromatic heterocycles. The maximum atomic E-state index is 11.0. The van der Waals surface area contributed by atoms with E-state index in [9.17, 15) is 4.79 Å². The fraction of sp³-hybridized carbons (Fsp3) is 0.300. The molecule has 0 amide bonds. The molecule has 3 rings (SSSR count). The van der Waals surface area contributed by atoms with Crippen molar-refractivity contribution >= 4 is 17.0 Å².